The van der Waals surface area contributed by atoms with E-state index in [2.05, 4.69) is 17.4 Å². The van der Waals surface area contributed by atoms with Crippen molar-refractivity contribution in [1.82, 2.24) is 5.32 Å². The third kappa shape index (κ3) is 4.24. The molecule has 0 aliphatic carbocycles. The van der Waals surface area contributed by atoms with Crippen LogP contribution in [0.25, 0.3) is 0 Å². The topological polar surface area (TPSA) is 58.6 Å². The van der Waals surface area contributed by atoms with Gasteiger partial charge in [0, 0.05) is 12.5 Å². The first-order valence-corrected chi connectivity index (χ1v) is 6.53. The Morgan fingerprint density at radius 3 is 2.37 bits per heavy atom. The third-order valence-electron chi connectivity index (χ3n) is 3.32. The number of methoxy groups -OCH3 is 1. The summed E-state index contributed by atoms with van der Waals surface area (Å²) in [4.78, 5) is 10.6. The Labute approximate surface area is 114 Å². The van der Waals surface area contributed by atoms with Crippen molar-refractivity contribution in [2.75, 3.05) is 14.2 Å². The average Bonchev–Trinajstić information content (AvgIpc) is 2.34. The minimum absolute atomic E-state index is 0.183. The first kappa shape index (κ1) is 15.5. The number of carbonyl (C=O) groups is 1. The molecule has 0 bridgehead atoms. The molecule has 0 aliphatic heterocycles. The summed E-state index contributed by atoms with van der Waals surface area (Å²) in [7, 11) is 3.58. The molecule has 0 fully saturated rings. The first-order valence-electron chi connectivity index (χ1n) is 6.53. The van der Waals surface area contributed by atoms with E-state index in [1.165, 1.54) is 5.56 Å². The molecular formula is C15H23NO3. The molecular weight excluding hydrogens is 242 g/mol. The molecule has 4 nitrogen and oxygen atoms in total. The Morgan fingerprint density at radius 1 is 1.37 bits per heavy atom. The Morgan fingerprint density at radius 2 is 1.95 bits per heavy atom. The summed E-state index contributed by atoms with van der Waals surface area (Å²) in [5, 5.41) is 11.9. The van der Waals surface area contributed by atoms with Crippen LogP contribution in [0.15, 0.2) is 12.1 Å². The van der Waals surface area contributed by atoms with E-state index in [0.29, 0.717) is 6.42 Å². The average molecular weight is 265 g/mol. The van der Waals surface area contributed by atoms with Gasteiger partial charge in [-0.25, -0.2) is 0 Å². The van der Waals surface area contributed by atoms with Gasteiger partial charge in [-0.05, 0) is 50.4 Å². The van der Waals surface area contributed by atoms with Crippen LogP contribution in [-0.4, -0.2) is 25.2 Å². The van der Waals surface area contributed by atoms with E-state index in [-0.39, 0.29) is 12.5 Å². The summed E-state index contributed by atoms with van der Waals surface area (Å²) in [5.74, 6) is 0.182. The number of carboxylic acid groups (broad SMARTS) is 1. The maximum atomic E-state index is 10.6. The minimum atomic E-state index is -0.739. The van der Waals surface area contributed by atoms with Crippen molar-refractivity contribution < 1.29 is 14.6 Å². The van der Waals surface area contributed by atoms with Gasteiger partial charge in [0.25, 0.3) is 0 Å². The molecule has 0 spiro atoms. The Hall–Kier alpha value is -1.55. The number of benzene rings is 1. The summed E-state index contributed by atoms with van der Waals surface area (Å²) in [6, 6.07) is 4.39. The van der Waals surface area contributed by atoms with Gasteiger partial charge in [0.2, 0.25) is 0 Å². The zero-order chi connectivity index (χ0) is 14.4. The third-order valence-corrected chi connectivity index (χ3v) is 3.32. The minimum Gasteiger partial charge on any atom is -0.496 e. The van der Waals surface area contributed by atoms with Crippen molar-refractivity contribution in [1.29, 1.82) is 0 Å². The first-order chi connectivity index (χ1) is 8.99. The van der Waals surface area contributed by atoms with E-state index >= 15 is 0 Å². The highest BCUT2D eigenvalue weighted by Crippen LogP contribution is 2.28. The summed E-state index contributed by atoms with van der Waals surface area (Å²) < 4.78 is 5.36. The molecule has 2 N–H and O–H groups in total. The number of rotatable bonds is 7. The highest BCUT2D eigenvalue weighted by atomic mass is 16.5. The molecule has 0 heterocycles. The Balaban J connectivity index is 2.84. The Bertz CT molecular complexity index is 420. The van der Waals surface area contributed by atoms with Crippen molar-refractivity contribution in [3.8, 4) is 5.75 Å². The number of aryl methyl sites for hydroxylation is 2. The number of nitrogens with one attached hydrogen (secondary N) is 1. The number of ether oxygens (including phenoxy) is 1. The highest BCUT2D eigenvalue weighted by molar-refractivity contribution is 5.66. The number of carboxylic acids is 1. The van der Waals surface area contributed by atoms with E-state index in [1.807, 2.05) is 20.9 Å². The van der Waals surface area contributed by atoms with Gasteiger partial charge in [0.05, 0.1) is 7.11 Å². The van der Waals surface area contributed by atoms with Gasteiger partial charge in [-0.3, -0.25) is 4.79 Å². The van der Waals surface area contributed by atoms with Crippen molar-refractivity contribution in [2.24, 2.45) is 0 Å². The van der Waals surface area contributed by atoms with Gasteiger partial charge in [-0.2, -0.15) is 0 Å². The van der Waals surface area contributed by atoms with E-state index < -0.39 is 5.97 Å². The SMILES string of the molecule is CNC(CCCC(=O)O)c1cc(C)c(OC)c(C)c1. The molecule has 1 aromatic carbocycles. The van der Waals surface area contributed by atoms with Crippen molar-refractivity contribution in [3.63, 3.8) is 0 Å². The lowest BCUT2D eigenvalue weighted by molar-refractivity contribution is -0.137. The van der Waals surface area contributed by atoms with Crippen LogP contribution in [0.4, 0.5) is 0 Å². The zero-order valence-electron chi connectivity index (χ0n) is 12.1. The molecule has 0 amide bonds. The molecule has 1 unspecified atom stereocenters. The molecule has 1 aromatic rings. The molecule has 0 saturated carbocycles. The molecule has 0 saturated heterocycles. The van der Waals surface area contributed by atoms with Gasteiger partial charge in [-0.1, -0.05) is 12.1 Å². The fraction of sp³-hybridized carbons (Fsp3) is 0.533. The van der Waals surface area contributed by atoms with Crippen molar-refractivity contribution >= 4 is 5.97 Å². The van der Waals surface area contributed by atoms with E-state index in [0.717, 1.165) is 23.3 Å². The normalized spacial score (nSPS) is 12.2. The fourth-order valence-electron chi connectivity index (χ4n) is 2.44. The van der Waals surface area contributed by atoms with Crippen LogP contribution in [0.1, 0.15) is 42.0 Å². The molecule has 0 aliphatic rings. The van der Waals surface area contributed by atoms with E-state index in [4.69, 9.17) is 9.84 Å². The van der Waals surface area contributed by atoms with Gasteiger partial charge in [-0.15, -0.1) is 0 Å². The molecule has 1 atom stereocenters. The quantitative estimate of drug-likeness (QED) is 0.796. The van der Waals surface area contributed by atoms with Crippen LogP contribution in [0.5, 0.6) is 5.75 Å². The van der Waals surface area contributed by atoms with Crippen LogP contribution < -0.4 is 10.1 Å². The van der Waals surface area contributed by atoms with Crippen LogP contribution in [0.2, 0.25) is 0 Å². The highest BCUT2D eigenvalue weighted by Gasteiger charge is 2.13. The van der Waals surface area contributed by atoms with Crippen molar-refractivity contribution in [2.45, 2.75) is 39.2 Å². The second-order valence-corrected chi connectivity index (χ2v) is 4.82. The Kier molecular flexibility index (Phi) is 5.83. The summed E-state index contributed by atoms with van der Waals surface area (Å²) in [5.41, 5.74) is 3.40. The maximum Gasteiger partial charge on any atom is 0.303 e. The smallest absolute Gasteiger partial charge is 0.303 e. The second-order valence-electron chi connectivity index (χ2n) is 4.82. The molecule has 19 heavy (non-hydrogen) atoms. The van der Waals surface area contributed by atoms with Gasteiger partial charge >= 0.3 is 5.97 Å². The summed E-state index contributed by atoms with van der Waals surface area (Å²) in [6.45, 7) is 4.05. The lowest BCUT2D eigenvalue weighted by atomic mass is 9.96. The summed E-state index contributed by atoms with van der Waals surface area (Å²) >= 11 is 0. The predicted molar refractivity (Wildman–Crippen MR) is 75.8 cm³/mol. The number of aliphatic carboxylic acids is 1. The van der Waals surface area contributed by atoms with Crippen molar-refractivity contribution in [3.05, 3.63) is 28.8 Å². The molecule has 4 heteroatoms. The largest absolute Gasteiger partial charge is 0.496 e. The molecule has 106 valence electrons. The second kappa shape index (κ2) is 7.14. The molecule has 1 rings (SSSR count). The predicted octanol–water partition coefficient (Wildman–Crippen LogP) is 2.83. The van der Waals surface area contributed by atoms with Crippen LogP contribution in [0, 0.1) is 13.8 Å². The maximum absolute atomic E-state index is 10.6. The fourth-order valence-corrected chi connectivity index (χ4v) is 2.44. The lowest BCUT2D eigenvalue weighted by Gasteiger charge is -2.19. The lowest BCUT2D eigenvalue weighted by Crippen LogP contribution is -2.17. The molecule has 0 radical (unpaired) electrons. The number of hydrogen-bond donors (Lipinski definition) is 2. The summed E-state index contributed by atoms with van der Waals surface area (Å²) in [6.07, 6.45) is 1.70. The van der Waals surface area contributed by atoms with Gasteiger partial charge in [0.15, 0.2) is 0 Å². The molecule has 0 aromatic heterocycles. The van der Waals surface area contributed by atoms with Gasteiger partial charge in [0.1, 0.15) is 5.75 Å². The monoisotopic (exact) mass is 265 g/mol. The standard InChI is InChI=1S/C15H23NO3/c1-10-8-12(9-11(2)15(10)19-4)13(16-3)6-5-7-14(17)18/h8-9,13,16H,5-7H2,1-4H3,(H,17,18). The van der Waals surface area contributed by atoms with Crippen LogP contribution in [-0.2, 0) is 4.79 Å². The van der Waals surface area contributed by atoms with E-state index in [9.17, 15) is 4.79 Å². The number of hydrogen-bond acceptors (Lipinski definition) is 3. The van der Waals surface area contributed by atoms with Crippen LogP contribution in [0.3, 0.4) is 0 Å². The van der Waals surface area contributed by atoms with Crippen LogP contribution >= 0.6 is 0 Å². The zero-order valence-corrected chi connectivity index (χ0v) is 12.1. The van der Waals surface area contributed by atoms with E-state index in [1.54, 1.807) is 7.11 Å². The van der Waals surface area contributed by atoms with Gasteiger partial charge < -0.3 is 15.2 Å².